The van der Waals surface area contributed by atoms with E-state index in [2.05, 4.69) is 60.2 Å². The molecule has 4 heterocycles. The maximum atomic E-state index is 13.7. The summed E-state index contributed by atoms with van der Waals surface area (Å²) in [4.78, 5) is 70.9. The number of likely N-dealkylation sites (tertiary alicyclic amines) is 2. The van der Waals surface area contributed by atoms with Crippen LogP contribution in [-0.4, -0.2) is 79.0 Å². The molecule has 0 unspecified atom stereocenters. The fourth-order valence-corrected chi connectivity index (χ4v) is 9.27. The number of nitrogens with two attached hydrogens (primary N) is 2. The van der Waals surface area contributed by atoms with Crippen LogP contribution in [0.25, 0.3) is 33.6 Å². The summed E-state index contributed by atoms with van der Waals surface area (Å²) in [5, 5.41) is 0. The number of hydrogen-bond donors (Lipinski definition) is 4. The number of benzene rings is 4. The van der Waals surface area contributed by atoms with Crippen LogP contribution in [0.2, 0.25) is 0 Å². The molecule has 0 aliphatic carbocycles. The number of carbonyl (C=O) groups is 4. The van der Waals surface area contributed by atoms with Crippen LogP contribution in [0, 0.1) is 13.8 Å². The van der Waals surface area contributed by atoms with Crippen molar-refractivity contribution in [3.8, 4) is 33.6 Å². The molecular formula is C50H54N8O6. The summed E-state index contributed by atoms with van der Waals surface area (Å²) in [5.41, 5.74) is 20.8. The minimum absolute atomic E-state index is 0.0295. The molecule has 0 radical (unpaired) electrons. The number of hydrogen-bond acceptors (Lipinski definition) is 8. The maximum absolute atomic E-state index is 13.7. The lowest BCUT2D eigenvalue weighted by molar-refractivity contribution is -0.135. The van der Waals surface area contributed by atoms with Crippen LogP contribution in [0.1, 0.15) is 84.5 Å². The van der Waals surface area contributed by atoms with E-state index in [9.17, 15) is 19.2 Å². The molecule has 6 aromatic rings. The van der Waals surface area contributed by atoms with Crippen molar-refractivity contribution >= 4 is 24.0 Å². The second-order valence-corrected chi connectivity index (χ2v) is 16.7. The molecule has 2 fully saturated rings. The highest BCUT2D eigenvalue weighted by Gasteiger charge is 2.35. The van der Waals surface area contributed by atoms with Gasteiger partial charge >= 0.3 is 12.2 Å². The molecule has 4 aromatic carbocycles. The number of primary amides is 2. The van der Waals surface area contributed by atoms with E-state index in [1.807, 2.05) is 82.9 Å². The Balaban J connectivity index is 0.916. The van der Waals surface area contributed by atoms with Gasteiger partial charge in [0.2, 0.25) is 11.8 Å². The lowest BCUT2D eigenvalue weighted by atomic mass is 9.92. The number of carbonyl (C=O) groups excluding carboxylic acids is 4. The summed E-state index contributed by atoms with van der Waals surface area (Å²) in [5.74, 6) is 1.23. The summed E-state index contributed by atoms with van der Waals surface area (Å²) in [6.07, 6.45) is 4.58. The van der Waals surface area contributed by atoms with Gasteiger partial charge in [0.05, 0.1) is 48.7 Å². The topological polar surface area (TPSA) is 203 Å². The number of amides is 4. The number of aromatic amines is 2. The Morgan fingerprint density at radius 1 is 0.609 bits per heavy atom. The van der Waals surface area contributed by atoms with E-state index in [1.54, 1.807) is 0 Å². The minimum Gasteiger partial charge on any atom is -0.445 e. The second-order valence-electron chi connectivity index (χ2n) is 16.7. The summed E-state index contributed by atoms with van der Waals surface area (Å²) >= 11 is 0. The summed E-state index contributed by atoms with van der Waals surface area (Å²) < 4.78 is 10.7. The second kappa shape index (κ2) is 19.4. The van der Waals surface area contributed by atoms with Crippen LogP contribution in [0.5, 0.6) is 0 Å². The Morgan fingerprint density at radius 3 is 1.55 bits per heavy atom. The Labute approximate surface area is 372 Å². The normalized spacial score (nSPS) is 17.0. The Kier molecular flexibility index (Phi) is 13.2. The first-order valence-electron chi connectivity index (χ1n) is 21.9. The van der Waals surface area contributed by atoms with Gasteiger partial charge < -0.3 is 40.7 Å². The number of nitrogens with zero attached hydrogens (tertiary/aromatic N) is 4. The number of rotatable bonds is 15. The third kappa shape index (κ3) is 10.0. The predicted molar refractivity (Wildman–Crippen MR) is 242 cm³/mol. The number of nitrogens with one attached hydrogen (secondary N) is 2. The maximum Gasteiger partial charge on any atom is 0.404 e. The van der Waals surface area contributed by atoms with E-state index < -0.39 is 24.4 Å². The van der Waals surface area contributed by atoms with Crippen LogP contribution < -0.4 is 11.5 Å². The van der Waals surface area contributed by atoms with Crippen molar-refractivity contribution in [1.29, 1.82) is 0 Å². The first kappa shape index (κ1) is 43.4. The molecule has 2 saturated heterocycles. The van der Waals surface area contributed by atoms with E-state index in [0.29, 0.717) is 25.9 Å². The van der Waals surface area contributed by atoms with Gasteiger partial charge in [0.25, 0.3) is 0 Å². The molecule has 0 saturated carbocycles. The van der Waals surface area contributed by atoms with Crippen LogP contribution in [0.3, 0.4) is 0 Å². The van der Waals surface area contributed by atoms with Crippen molar-refractivity contribution in [1.82, 2.24) is 29.7 Å². The van der Waals surface area contributed by atoms with E-state index >= 15 is 0 Å². The van der Waals surface area contributed by atoms with Gasteiger partial charge in [-0.3, -0.25) is 9.59 Å². The molecule has 0 bridgehead atoms. The van der Waals surface area contributed by atoms with E-state index in [-0.39, 0.29) is 36.7 Å². The van der Waals surface area contributed by atoms with Crippen molar-refractivity contribution in [2.24, 2.45) is 11.5 Å². The molecule has 4 atom stereocenters. The Morgan fingerprint density at radius 2 is 1.05 bits per heavy atom. The fourth-order valence-electron chi connectivity index (χ4n) is 9.27. The van der Waals surface area contributed by atoms with Gasteiger partial charge in [-0.25, -0.2) is 19.6 Å². The van der Waals surface area contributed by atoms with Crippen molar-refractivity contribution in [2.75, 3.05) is 13.1 Å². The predicted octanol–water partition coefficient (Wildman–Crippen LogP) is 8.27. The van der Waals surface area contributed by atoms with Gasteiger partial charge in [-0.15, -0.1) is 0 Å². The van der Waals surface area contributed by atoms with Gasteiger partial charge in [-0.2, -0.15) is 0 Å². The molecule has 14 nitrogen and oxygen atoms in total. The molecule has 4 amide bonds. The molecule has 330 valence electrons. The molecule has 2 aliphatic rings. The standard InChI is InChI=1S/C50H54N8O6/c1-31-32(2)40(42-30-54-48(56-42)44-16-10-24-58(44)46(60)28-38(64-50(52)62)26-34-13-7-4-8-14-34)22-21-39(31)35-17-19-36(20-18-35)41-29-53-47(55-41)43-15-9-23-57(43)45(59)27-37(63-49(51)61)25-33-11-5-3-6-12-33/h3-8,11-14,17-22,29-30,37-38,43-44H,9-10,15-16,23-28H2,1-2H3,(H2,51,61)(H2,52,62)(H,53,55)(H,54,56)/t37-,38-,43+,44+/m1/s1. The van der Waals surface area contributed by atoms with E-state index in [1.165, 1.54) is 0 Å². The zero-order chi connectivity index (χ0) is 44.7. The van der Waals surface area contributed by atoms with Crippen LogP contribution in [-0.2, 0) is 31.9 Å². The fraction of sp³-hybridized carbons (Fsp3) is 0.320. The highest BCUT2D eigenvalue weighted by atomic mass is 16.6. The number of aromatic nitrogens is 4. The molecule has 8 rings (SSSR count). The molecular weight excluding hydrogens is 809 g/mol. The summed E-state index contributed by atoms with van der Waals surface area (Å²) in [6, 6.07) is 31.3. The van der Waals surface area contributed by atoms with Gasteiger partial charge in [-0.05, 0) is 78.5 Å². The average Bonchev–Trinajstić information content (AvgIpc) is 4.12. The van der Waals surface area contributed by atoms with Gasteiger partial charge in [0, 0.05) is 31.5 Å². The van der Waals surface area contributed by atoms with Crippen molar-refractivity contribution in [3.63, 3.8) is 0 Å². The molecule has 2 aliphatic heterocycles. The average molecular weight is 863 g/mol. The first-order valence-corrected chi connectivity index (χ1v) is 21.9. The highest BCUT2D eigenvalue weighted by molar-refractivity contribution is 5.80. The number of ether oxygens (including phenoxy) is 2. The van der Waals surface area contributed by atoms with Crippen LogP contribution >= 0.6 is 0 Å². The van der Waals surface area contributed by atoms with Gasteiger partial charge in [0.15, 0.2) is 0 Å². The SMILES string of the molecule is Cc1c(-c2ccc(-c3cnc([C@@H]4CCCN4C(=O)C[C@@H](Cc4ccccc4)OC(N)=O)[nH]3)cc2)ccc(-c2cnc([C@@H]3CCCN3C(=O)C[C@@H](Cc3ccccc3)OC(N)=O)[nH]2)c1C. The molecule has 2 aromatic heterocycles. The first-order chi connectivity index (χ1) is 31.0. The van der Waals surface area contributed by atoms with E-state index in [0.717, 1.165) is 93.2 Å². The Hall–Kier alpha value is -7.22. The van der Waals surface area contributed by atoms with Crippen molar-refractivity contribution < 1.29 is 28.7 Å². The minimum atomic E-state index is -0.899. The highest BCUT2D eigenvalue weighted by Crippen LogP contribution is 2.37. The van der Waals surface area contributed by atoms with Gasteiger partial charge in [-0.1, -0.05) is 97.1 Å². The lowest BCUT2D eigenvalue weighted by Crippen LogP contribution is -2.36. The third-order valence-corrected chi connectivity index (χ3v) is 12.5. The molecule has 0 spiro atoms. The number of imidazole rings is 2. The van der Waals surface area contributed by atoms with Gasteiger partial charge in [0.1, 0.15) is 23.9 Å². The third-order valence-electron chi connectivity index (χ3n) is 12.5. The molecule has 14 heteroatoms. The molecule has 6 N–H and O–H groups in total. The summed E-state index contributed by atoms with van der Waals surface area (Å²) in [7, 11) is 0. The Bertz CT molecular complexity index is 2590. The zero-order valence-electron chi connectivity index (χ0n) is 36.2. The van der Waals surface area contributed by atoms with Crippen molar-refractivity contribution in [2.45, 2.75) is 89.5 Å². The van der Waals surface area contributed by atoms with Crippen LogP contribution in [0.15, 0.2) is 109 Å². The van der Waals surface area contributed by atoms with Crippen molar-refractivity contribution in [3.05, 3.63) is 143 Å². The van der Waals surface area contributed by atoms with E-state index in [4.69, 9.17) is 30.9 Å². The lowest BCUT2D eigenvalue weighted by Gasteiger charge is -2.25. The van der Waals surface area contributed by atoms with Crippen LogP contribution in [0.4, 0.5) is 9.59 Å². The smallest absolute Gasteiger partial charge is 0.404 e. The monoisotopic (exact) mass is 862 g/mol. The molecule has 64 heavy (non-hydrogen) atoms. The summed E-state index contributed by atoms with van der Waals surface area (Å²) in [6.45, 7) is 5.41. The largest absolute Gasteiger partial charge is 0.445 e. The quantitative estimate of drug-likeness (QED) is 0.0790. The zero-order valence-corrected chi connectivity index (χ0v) is 36.2. The number of H-pyrrole nitrogens is 2.